The Morgan fingerprint density at radius 2 is 1.95 bits per heavy atom. The monoisotopic (exact) mass is 280 g/mol. The van der Waals surface area contributed by atoms with Gasteiger partial charge in [0, 0.05) is 6.20 Å². The zero-order valence-corrected chi connectivity index (χ0v) is 10.9. The molecule has 0 radical (unpaired) electrons. The minimum atomic E-state index is -3.41. The fourth-order valence-electron chi connectivity index (χ4n) is 1.45. The van der Waals surface area contributed by atoms with E-state index in [9.17, 15) is 13.2 Å². The van der Waals surface area contributed by atoms with Crippen molar-refractivity contribution in [3.8, 4) is 0 Å². The van der Waals surface area contributed by atoms with Crippen LogP contribution in [0.25, 0.3) is 0 Å². The second kappa shape index (κ2) is 5.11. The van der Waals surface area contributed by atoms with Crippen LogP contribution in [0.15, 0.2) is 36.7 Å². The van der Waals surface area contributed by atoms with Crippen molar-refractivity contribution in [3.63, 3.8) is 0 Å². The average Bonchev–Trinajstić information content (AvgIpc) is 2.83. The van der Waals surface area contributed by atoms with Gasteiger partial charge in [-0.1, -0.05) is 12.1 Å². The van der Waals surface area contributed by atoms with Gasteiger partial charge in [-0.05, 0) is 12.1 Å². The fourth-order valence-corrected chi connectivity index (χ4v) is 2.03. The summed E-state index contributed by atoms with van der Waals surface area (Å²) in [7, 11) is -3.41. The first-order valence-electron chi connectivity index (χ1n) is 5.33. The topological polar surface area (TPSA) is 104 Å². The number of aromatic nitrogens is 2. The lowest BCUT2D eigenvalue weighted by molar-refractivity contribution is 0.102. The molecule has 0 bridgehead atoms. The number of sulfonamides is 1. The molecule has 0 saturated carbocycles. The van der Waals surface area contributed by atoms with Crippen molar-refractivity contribution in [1.82, 2.24) is 10.2 Å². The summed E-state index contributed by atoms with van der Waals surface area (Å²) >= 11 is 0. The number of rotatable bonds is 4. The molecule has 8 heteroatoms. The van der Waals surface area contributed by atoms with E-state index < -0.39 is 10.0 Å². The molecule has 100 valence electrons. The molecule has 0 unspecified atom stereocenters. The normalized spacial score (nSPS) is 11.0. The predicted molar refractivity (Wildman–Crippen MR) is 71.4 cm³/mol. The Morgan fingerprint density at radius 3 is 2.53 bits per heavy atom. The van der Waals surface area contributed by atoms with E-state index in [4.69, 9.17) is 0 Å². The maximum atomic E-state index is 11.8. The molecule has 2 aromatic rings. The molecule has 1 amide bonds. The third-order valence-electron chi connectivity index (χ3n) is 2.23. The first kappa shape index (κ1) is 13.1. The van der Waals surface area contributed by atoms with Crippen LogP contribution in [0.4, 0.5) is 11.4 Å². The summed E-state index contributed by atoms with van der Waals surface area (Å²) in [4.78, 5) is 11.8. The molecular weight excluding hydrogens is 268 g/mol. The largest absolute Gasteiger partial charge is 0.320 e. The Labute approximate surface area is 110 Å². The smallest absolute Gasteiger partial charge is 0.258 e. The van der Waals surface area contributed by atoms with Crippen molar-refractivity contribution < 1.29 is 13.2 Å². The van der Waals surface area contributed by atoms with Gasteiger partial charge in [-0.3, -0.25) is 14.6 Å². The maximum absolute atomic E-state index is 11.8. The maximum Gasteiger partial charge on any atom is 0.258 e. The highest BCUT2D eigenvalue weighted by Gasteiger charge is 2.11. The van der Waals surface area contributed by atoms with Crippen LogP contribution in [0.2, 0.25) is 0 Å². The van der Waals surface area contributed by atoms with Gasteiger partial charge in [-0.15, -0.1) is 0 Å². The van der Waals surface area contributed by atoms with E-state index in [2.05, 4.69) is 20.2 Å². The molecule has 0 aliphatic carbocycles. The summed E-state index contributed by atoms with van der Waals surface area (Å²) in [6, 6.07) is 6.52. The van der Waals surface area contributed by atoms with E-state index in [1.807, 2.05) is 0 Å². The van der Waals surface area contributed by atoms with E-state index in [0.717, 1.165) is 6.26 Å². The van der Waals surface area contributed by atoms with Crippen LogP contribution in [-0.2, 0) is 10.0 Å². The van der Waals surface area contributed by atoms with Crippen molar-refractivity contribution in [3.05, 3.63) is 42.2 Å². The number of carbonyl (C=O) groups excluding carboxylic acids is 1. The highest BCUT2D eigenvalue weighted by molar-refractivity contribution is 7.92. The highest BCUT2D eigenvalue weighted by Crippen LogP contribution is 2.22. The summed E-state index contributed by atoms with van der Waals surface area (Å²) < 4.78 is 24.8. The Morgan fingerprint density at radius 1 is 1.26 bits per heavy atom. The lowest BCUT2D eigenvalue weighted by Gasteiger charge is -2.11. The number of nitrogens with one attached hydrogen (secondary N) is 3. The number of hydrogen-bond donors (Lipinski definition) is 3. The van der Waals surface area contributed by atoms with E-state index in [1.165, 1.54) is 12.4 Å². The van der Waals surface area contributed by atoms with Crippen LogP contribution in [0.5, 0.6) is 0 Å². The number of carbonyl (C=O) groups is 1. The third-order valence-corrected chi connectivity index (χ3v) is 2.82. The summed E-state index contributed by atoms with van der Waals surface area (Å²) in [5.74, 6) is -0.378. The Kier molecular flexibility index (Phi) is 3.52. The lowest BCUT2D eigenvalue weighted by atomic mass is 10.2. The van der Waals surface area contributed by atoms with Crippen LogP contribution >= 0.6 is 0 Å². The molecule has 0 spiro atoms. The van der Waals surface area contributed by atoms with Gasteiger partial charge < -0.3 is 5.32 Å². The van der Waals surface area contributed by atoms with E-state index in [1.54, 1.807) is 24.3 Å². The van der Waals surface area contributed by atoms with Gasteiger partial charge in [0.15, 0.2) is 0 Å². The summed E-state index contributed by atoms with van der Waals surface area (Å²) in [6.07, 6.45) is 3.87. The predicted octanol–water partition coefficient (Wildman–Crippen LogP) is 1.03. The van der Waals surface area contributed by atoms with Crippen molar-refractivity contribution in [2.24, 2.45) is 0 Å². The second-order valence-corrected chi connectivity index (χ2v) is 5.61. The molecule has 2 rings (SSSR count). The van der Waals surface area contributed by atoms with Gasteiger partial charge in [-0.2, -0.15) is 5.10 Å². The van der Waals surface area contributed by atoms with Gasteiger partial charge in [0.05, 0.1) is 29.4 Å². The molecule has 1 heterocycles. The molecule has 7 nitrogen and oxygen atoms in total. The number of benzene rings is 1. The Balaban J connectivity index is 2.23. The Bertz CT molecular complexity index is 680. The first-order chi connectivity index (χ1) is 8.96. The molecule has 0 aliphatic rings. The second-order valence-electron chi connectivity index (χ2n) is 3.86. The molecule has 3 N–H and O–H groups in total. The average molecular weight is 280 g/mol. The van der Waals surface area contributed by atoms with Crippen LogP contribution < -0.4 is 10.0 Å². The van der Waals surface area contributed by atoms with Crippen molar-refractivity contribution in [1.29, 1.82) is 0 Å². The van der Waals surface area contributed by atoms with E-state index in [-0.39, 0.29) is 5.91 Å². The summed E-state index contributed by atoms with van der Waals surface area (Å²) in [5.41, 5.74) is 1.04. The SMILES string of the molecule is CS(=O)(=O)Nc1ccccc1NC(=O)c1cn[nH]c1. The van der Waals surface area contributed by atoms with Gasteiger partial charge in [0.25, 0.3) is 5.91 Å². The van der Waals surface area contributed by atoms with Gasteiger partial charge in [0.1, 0.15) is 0 Å². The lowest BCUT2D eigenvalue weighted by Crippen LogP contribution is -2.15. The first-order valence-corrected chi connectivity index (χ1v) is 7.22. The van der Waals surface area contributed by atoms with E-state index >= 15 is 0 Å². The molecule has 0 fully saturated rings. The zero-order chi connectivity index (χ0) is 13.9. The van der Waals surface area contributed by atoms with E-state index in [0.29, 0.717) is 16.9 Å². The molecule has 1 aromatic carbocycles. The molecule has 19 heavy (non-hydrogen) atoms. The van der Waals surface area contributed by atoms with Crippen LogP contribution in [0, 0.1) is 0 Å². The molecule has 0 aliphatic heterocycles. The summed E-state index contributed by atoms with van der Waals surface area (Å²) in [5, 5.41) is 8.81. The third kappa shape index (κ3) is 3.55. The Hall–Kier alpha value is -2.35. The fraction of sp³-hybridized carbons (Fsp3) is 0.0909. The van der Waals surface area contributed by atoms with Crippen LogP contribution in [0.1, 0.15) is 10.4 Å². The quantitative estimate of drug-likeness (QED) is 0.778. The van der Waals surface area contributed by atoms with Gasteiger partial charge >= 0.3 is 0 Å². The summed E-state index contributed by atoms with van der Waals surface area (Å²) in [6.45, 7) is 0. The van der Waals surface area contributed by atoms with Gasteiger partial charge in [0.2, 0.25) is 10.0 Å². The molecule has 1 aromatic heterocycles. The van der Waals surface area contributed by atoms with Crippen molar-refractivity contribution in [2.75, 3.05) is 16.3 Å². The number of H-pyrrole nitrogens is 1. The highest BCUT2D eigenvalue weighted by atomic mass is 32.2. The molecular formula is C11H12N4O3S. The number of aromatic amines is 1. The standard InChI is InChI=1S/C11H12N4O3S/c1-19(17,18)15-10-5-3-2-4-9(10)14-11(16)8-6-12-13-7-8/h2-7,15H,1H3,(H,12,13)(H,14,16). The number of nitrogens with zero attached hydrogens (tertiary/aromatic N) is 1. The number of para-hydroxylation sites is 2. The zero-order valence-electron chi connectivity index (χ0n) is 10.0. The van der Waals surface area contributed by atoms with Crippen LogP contribution in [0.3, 0.4) is 0 Å². The van der Waals surface area contributed by atoms with Crippen molar-refractivity contribution in [2.45, 2.75) is 0 Å². The minimum absolute atomic E-state index is 0.307. The van der Waals surface area contributed by atoms with Gasteiger partial charge in [-0.25, -0.2) is 8.42 Å². The van der Waals surface area contributed by atoms with Crippen molar-refractivity contribution >= 4 is 27.3 Å². The van der Waals surface area contributed by atoms with Crippen LogP contribution in [-0.4, -0.2) is 30.8 Å². The number of anilines is 2. The minimum Gasteiger partial charge on any atom is -0.320 e. The molecule has 0 saturated heterocycles. The number of amides is 1. The molecule has 0 atom stereocenters. The number of hydrogen-bond acceptors (Lipinski definition) is 4.